The first-order valence-electron chi connectivity index (χ1n) is 6.98. The third-order valence-corrected chi connectivity index (χ3v) is 3.74. The van der Waals surface area contributed by atoms with Crippen molar-refractivity contribution in [3.63, 3.8) is 0 Å². The van der Waals surface area contributed by atoms with Gasteiger partial charge in [0.1, 0.15) is 5.75 Å². The lowest BCUT2D eigenvalue weighted by atomic mass is 10.1. The normalized spacial score (nSPS) is 11.6. The molecule has 0 aliphatic carbocycles. The number of hydrogen-bond donors (Lipinski definition) is 1. The third kappa shape index (κ3) is 4.84. The van der Waals surface area contributed by atoms with Crippen molar-refractivity contribution < 1.29 is 14.5 Å². The Kier molecular flexibility index (Phi) is 6.00. The summed E-state index contributed by atoms with van der Waals surface area (Å²) in [5.74, 6) is -0.148. The van der Waals surface area contributed by atoms with E-state index in [4.69, 9.17) is 27.9 Å². The summed E-state index contributed by atoms with van der Waals surface area (Å²) in [5.41, 5.74) is 0.718. The number of nitro benzene ring substituents is 1. The third-order valence-electron chi connectivity index (χ3n) is 3.21. The zero-order chi connectivity index (χ0) is 17.7. The molecule has 0 spiro atoms. The SMILES string of the molecule is C[C@H](NC(=O)COc1ccc([N+](=O)[O-])cc1Cl)c1cccc(Cl)c1. The van der Waals surface area contributed by atoms with Gasteiger partial charge in [0, 0.05) is 17.2 Å². The molecule has 0 radical (unpaired) electrons. The van der Waals surface area contributed by atoms with Crippen LogP contribution in [0.5, 0.6) is 5.75 Å². The maximum absolute atomic E-state index is 12.0. The summed E-state index contributed by atoms with van der Waals surface area (Å²) >= 11 is 11.8. The van der Waals surface area contributed by atoms with Crippen LogP contribution in [-0.2, 0) is 4.79 Å². The Bertz CT molecular complexity index is 767. The molecule has 0 unspecified atom stereocenters. The number of nitrogens with zero attached hydrogens (tertiary/aromatic N) is 1. The fourth-order valence-corrected chi connectivity index (χ4v) is 2.43. The molecule has 6 nitrogen and oxygen atoms in total. The second-order valence-electron chi connectivity index (χ2n) is 5.00. The molecule has 0 saturated heterocycles. The van der Waals surface area contributed by atoms with Crippen LogP contribution in [0.25, 0.3) is 0 Å². The van der Waals surface area contributed by atoms with Crippen LogP contribution in [0.15, 0.2) is 42.5 Å². The highest BCUT2D eigenvalue weighted by Crippen LogP contribution is 2.28. The molecule has 2 aromatic rings. The van der Waals surface area contributed by atoms with Crippen molar-refractivity contribution in [1.29, 1.82) is 0 Å². The molecule has 1 amide bonds. The highest BCUT2D eigenvalue weighted by Gasteiger charge is 2.13. The Balaban J connectivity index is 1.92. The zero-order valence-corrected chi connectivity index (χ0v) is 14.2. The summed E-state index contributed by atoms with van der Waals surface area (Å²) in [4.78, 5) is 22.0. The van der Waals surface area contributed by atoms with E-state index in [9.17, 15) is 14.9 Å². The van der Waals surface area contributed by atoms with E-state index in [0.717, 1.165) is 5.56 Å². The van der Waals surface area contributed by atoms with Crippen LogP contribution in [0.3, 0.4) is 0 Å². The molecule has 8 heteroatoms. The maximum atomic E-state index is 12.0. The molecule has 1 atom stereocenters. The predicted molar refractivity (Wildman–Crippen MR) is 91.6 cm³/mol. The summed E-state index contributed by atoms with van der Waals surface area (Å²) in [6.07, 6.45) is 0. The highest BCUT2D eigenvalue weighted by molar-refractivity contribution is 6.32. The Hall–Kier alpha value is -2.31. The molecule has 0 aliphatic heterocycles. The summed E-state index contributed by atoms with van der Waals surface area (Å²) in [6.45, 7) is 1.56. The van der Waals surface area contributed by atoms with Crippen molar-refractivity contribution in [3.8, 4) is 5.75 Å². The molecule has 0 bridgehead atoms. The molecule has 24 heavy (non-hydrogen) atoms. The summed E-state index contributed by atoms with van der Waals surface area (Å²) in [5, 5.41) is 14.1. The van der Waals surface area contributed by atoms with E-state index in [0.29, 0.717) is 5.02 Å². The van der Waals surface area contributed by atoms with Gasteiger partial charge in [-0.3, -0.25) is 14.9 Å². The van der Waals surface area contributed by atoms with Gasteiger partial charge in [-0.1, -0.05) is 35.3 Å². The minimum Gasteiger partial charge on any atom is -0.482 e. The molecule has 126 valence electrons. The van der Waals surface area contributed by atoms with Crippen molar-refractivity contribution in [1.82, 2.24) is 5.32 Å². The van der Waals surface area contributed by atoms with Gasteiger partial charge in [0.05, 0.1) is 16.0 Å². The maximum Gasteiger partial charge on any atom is 0.271 e. The standard InChI is InChI=1S/C16H14Cl2N2O4/c1-10(11-3-2-4-12(17)7-11)19-16(21)9-24-15-6-5-13(20(22)23)8-14(15)18/h2-8,10H,9H2,1H3,(H,19,21)/t10-/m0/s1. The lowest BCUT2D eigenvalue weighted by molar-refractivity contribution is -0.384. The summed E-state index contributed by atoms with van der Waals surface area (Å²) in [6, 6.07) is 10.7. The summed E-state index contributed by atoms with van der Waals surface area (Å²) in [7, 11) is 0. The lowest BCUT2D eigenvalue weighted by Gasteiger charge is -2.15. The first-order valence-corrected chi connectivity index (χ1v) is 7.74. The van der Waals surface area contributed by atoms with Gasteiger partial charge in [-0.2, -0.15) is 0 Å². The van der Waals surface area contributed by atoms with Gasteiger partial charge in [-0.15, -0.1) is 0 Å². The number of nitro groups is 1. The second-order valence-corrected chi connectivity index (χ2v) is 5.85. The van der Waals surface area contributed by atoms with Gasteiger partial charge in [0.15, 0.2) is 6.61 Å². The first-order chi connectivity index (χ1) is 11.4. The Morgan fingerprint density at radius 3 is 2.67 bits per heavy atom. The zero-order valence-electron chi connectivity index (χ0n) is 12.7. The number of carbonyl (C=O) groups is 1. The number of carbonyl (C=O) groups excluding carboxylic acids is 1. The number of nitrogens with one attached hydrogen (secondary N) is 1. The van der Waals surface area contributed by atoms with Gasteiger partial charge < -0.3 is 10.1 Å². The average Bonchev–Trinajstić information content (AvgIpc) is 2.53. The number of amides is 1. The Morgan fingerprint density at radius 1 is 1.29 bits per heavy atom. The van der Waals surface area contributed by atoms with E-state index in [-0.39, 0.29) is 35.0 Å². The highest BCUT2D eigenvalue weighted by atomic mass is 35.5. The fraction of sp³-hybridized carbons (Fsp3) is 0.188. The fourth-order valence-electron chi connectivity index (χ4n) is 2.01. The number of hydrogen-bond acceptors (Lipinski definition) is 4. The largest absolute Gasteiger partial charge is 0.482 e. The van der Waals surface area contributed by atoms with Crippen molar-refractivity contribution >= 4 is 34.8 Å². The van der Waals surface area contributed by atoms with Crippen LogP contribution in [0.4, 0.5) is 5.69 Å². The van der Waals surface area contributed by atoms with Gasteiger partial charge in [0.2, 0.25) is 0 Å². The first kappa shape index (κ1) is 18.0. The van der Waals surface area contributed by atoms with E-state index >= 15 is 0 Å². The van der Waals surface area contributed by atoms with E-state index in [1.165, 1.54) is 18.2 Å². The van der Waals surface area contributed by atoms with Gasteiger partial charge in [-0.25, -0.2) is 0 Å². The average molecular weight is 369 g/mol. The molecule has 0 heterocycles. The van der Waals surface area contributed by atoms with Gasteiger partial charge in [-0.05, 0) is 30.7 Å². The van der Waals surface area contributed by atoms with Crippen LogP contribution in [0, 0.1) is 10.1 Å². The molecule has 0 saturated carbocycles. The monoisotopic (exact) mass is 368 g/mol. The minimum absolute atomic E-state index is 0.0693. The van der Waals surface area contributed by atoms with E-state index in [2.05, 4.69) is 5.32 Å². The topological polar surface area (TPSA) is 81.5 Å². The Labute approximate surface area is 148 Å². The van der Waals surface area contributed by atoms with E-state index < -0.39 is 4.92 Å². The molecule has 2 rings (SSSR count). The number of halogens is 2. The van der Waals surface area contributed by atoms with Crippen LogP contribution in [0.2, 0.25) is 10.0 Å². The van der Waals surface area contributed by atoms with Crippen LogP contribution in [-0.4, -0.2) is 17.4 Å². The molecule has 0 fully saturated rings. The van der Waals surface area contributed by atoms with Crippen molar-refractivity contribution in [2.24, 2.45) is 0 Å². The molecule has 1 N–H and O–H groups in total. The van der Waals surface area contributed by atoms with Gasteiger partial charge >= 0.3 is 0 Å². The number of non-ortho nitro benzene ring substituents is 1. The van der Waals surface area contributed by atoms with Crippen LogP contribution >= 0.6 is 23.2 Å². The van der Waals surface area contributed by atoms with Crippen molar-refractivity contribution in [2.75, 3.05) is 6.61 Å². The van der Waals surface area contributed by atoms with E-state index in [1.54, 1.807) is 18.2 Å². The molecule has 0 aliphatic rings. The molecular weight excluding hydrogens is 355 g/mol. The van der Waals surface area contributed by atoms with Crippen molar-refractivity contribution in [3.05, 3.63) is 68.2 Å². The minimum atomic E-state index is -0.560. The van der Waals surface area contributed by atoms with Gasteiger partial charge in [0.25, 0.3) is 11.6 Å². The van der Waals surface area contributed by atoms with Crippen LogP contribution in [0.1, 0.15) is 18.5 Å². The molecule has 0 aromatic heterocycles. The predicted octanol–water partition coefficient (Wildman–Crippen LogP) is 4.16. The molecular formula is C16H14Cl2N2O4. The number of rotatable bonds is 6. The Morgan fingerprint density at radius 2 is 2.04 bits per heavy atom. The second kappa shape index (κ2) is 7.99. The quantitative estimate of drug-likeness (QED) is 0.612. The molecule has 2 aromatic carbocycles. The lowest BCUT2D eigenvalue weighted by Crippen LogP contribution is -2.31. The van der Waals surface area contributed by atoms with E-state index in [1.807, 2.05) is 13.0 Å². The van der Waals surface area contributed by atoms with Crippen LogP contribution < -0.4 is 10.1 Å². The summed E-state index contributed by atoms with van der Waals surface area (Å²) < 4.78 is 5.30. The number of benzene rings is 2. The van der Waals surface area contributed by atoms with Crippen molar-refractivity contribution in [2.45, 2.75) is 13.0 Å². The number of ether oxygens (including phenoxy) is 1. The smallest absolute Gasteiger partial charge is 0.271 e.